The number of aromatic nitrogens is 1. The SMILES string of the molecule is CCN1CCN(C(=O)CSc2ccncc2)[C@@H]2CS(=O)(=O)C[C@@H]21. The van der Waals surface area contributed by atoms with E-state index in [1.165, 1.54) is 11.8 Å². The summed E-state index contributed by atoms with van der Waals surface area (Å²) in [6, 6.07) is 3.50. The second-order valence-corrected chi connectivity index (χ2v) is 9.10. The lowest BCUT2D eigenvalue weighted by molar-refractivity contribution is -0.133. The molecule has 2 aliphatic rings. The highest BCUT2D eigenvalue weighted by Gasteiger charge is 2.47. The van der Waals surface area contributed by atoms with Crippen LogP contribution < -0.4 is 0 Å². The minimum Gasteiger partial charge on any atom is -0.335 e. The smallest absolute Gasteiger partial charge is 0.233 e. The normalized spacial score (nSPS) is 26.9. The average molecular weight is 355 g/mol. The fraction of sp³-hybridized carbons (Fsp3) is 0.600. The van der Waals surface area contributed by atoms with Crippen molar-refractivity contribution in [2.24, 2.45) is 0 Å². The highest BCUT2D eigenvalue weighted by molar-refractivity contribution is 8.00. The van der Waals surface area contributed by atoms with E-state index < -0.39 is 9.84 Å². The largest absolute Gasteiger partial charge is 0.335 e. The third-order valence-corrected chi connectivity index (χ3v) is 7.23. The summed E-state index contributed by atoms with van der Waals surface area (Å²) in [5.74, 6) is 0.626. The summed E-state index contributed by atoms with van der Waals surface area (Å²) in [4.78, 5) is 21.5. The number of pyridine rings is 1. The average Bonchev–Trinajstić information content (AvgIpc) is 2.87. The monoisotopic (exact) mass is 355 g/mol. The molecule has 3 heterocycles. The van der Waals surface area contributed by atoms with Crippen LogP contribution in [0.2, 0.25) is 0 Å². The van der Waals surface area contributed by atoms with E-state index >= 15 is 0 Å². The molecule has 0 aliphatic carbocycles. The molecule has 126 valence electrons. The summed E-state index contributed by atoms with van der Waals surface area (Å²) in [5.41, 5.74) is 0. The van der Waals surface area contributed by atoms with Crippen molar-refractivity contribution >= 4 is 27.5 Å². The van der Waals surface area contributed by atoms with Crippen molar-refractivity contribution in [1.82, 2.24) is 14.8 Å². The van der Waals surface area contributed by atoms with Crippen LogP contribution in [0.4, 0.5) is 0 Å². The van der Waals surface area contributed by atoms with E-state index in [0.29, 0.717) is 12.3 Å². The van der Waals surface area contributed by atoms with E-state index in [2.05, 4.69) is 9.88 Å². The van der Waals surface area contributed by atoms with Gasteiger partial charge in [0.15, 0.2) is 9.84 Å². The Balaban J connectivity index is 1.68. The van der Waals surface area contributed by atoms with Gasteiger partial charge >= 0.3 is 0 Å². The van der Waals surface area contributed by atoms with Gasteiger partial charge in [-0.2, -0.15) is 0 Å². The van der Waals surface area contributed by atoms with Gasteiger partial charge in [-0.05, 0) is 18.7 Å². The molecule has 2 fully saturated rings. The Morgan fingerprint density at radius 1 is 1.26 bits per heavy atom. The number of thioether (sulfide) groups is 1. The molecule has 3 rings (SSSR count). The Morgan fingerprint density at radius 2 is 1.96 bits per heavy atom. The molecular weight excluding hydrogens is 334 g/mol. The molecule has 0 saturated carbocycles. The van der Waals surface area contributed by atoms with Gasteiger partial charge in [-0.1, -0.05) is 6.92 Å². The zero-order chi connectivity index (χ0) is 16.4. The number of carbonyl (C=O) groups is 1. The first-order valence-corrected chi connectivity index (χ1v) is 10.6. The van der Waals surface area contributed by atoms with E-state index in [9.17, 15) is 13.2 Å². The number of nitrogens with zero attached hydrogens (tertiary/aromatic N) is 3. The van der Waals surface area contributed by atoms with E-state index in [4.69, 9.17) is 0 Å². The van der Waals surface area contributed by atoms with Gasteiger partial charge < -0.3 is 4.90 Å². The molecule has 0 N–H and O–H groups in total. The molecule has 0 radical (unpaired) electrons. The van der Waals surface area contributed by atoms with Crippen molar-refractivity contribution in [3.8, 4) is 0 Å². The lowest BCUT2D eigenvalue weighted by Gasteiger charge is -2.43. The summed E-state index contributed by atoms with van der Waals surface area (Å²) in [7, 11) is -3.06. The third kappa shape index (κ3) is 3.70. The van der Waals surface area contributed by atoms with E-state index in [1.54, 1.807) is 17.3 Å². The topological polar surface area (TPSA) is 70.6 Å². The number of rotatable bonds is 4. The molecular formula is C15H21N3O3S2. The maximum Gasteiger partial charge on any atom is 0.233 e. The molecule has 1 aromatic heterocycles. The molecule has 6 nitrogen and oxygen atoms in total. The molecule has 2 aliphatic heterocycles. The zero-order valence-electron chi connectivity index (χ0n) is 13.1. The van der Waals surface area contributed by atoms with Gasteiger partial charge in [0.2, 0.25) is 5.91 Å². The van der Waals surface area contributed by atoms with Gasteiger partial charge in [0, 0.05) is 36.4 Å². The van der Waals surface area contributed by atoms with E-state index in [0.717, 1.165) is 18.0 Å². The summed E-state index contributed by atoms with van der Waals surface area (Å²) in [6.45, 7) is 4.22. The third-order valence-electron chi connectivity index (χ3n) is 4.53. The van der Waals surface area contributed by atoms with Gasteiger partial charge in [0.05, 0.1) is 23.3 Å². The number of sulfone groups is 1. The zero-order valence-corrected chi connectivity index (χ0v) is 14.7. The van der Waals surface area contributed by atoms with Crippen LogP contribution >= 0.6 is 11.8 Å². The summed E-state index contributed by atoms with van der Waals surface area (Å²) < 4.78 is 24.1. The number of hydrogen-bond acceptors (Lipinski definition) is 6. The fourth-order valence-electron chi connectivity index (χ4n) is 3.39. The number of amides is 1. The first kappa shape index (κ1) is 16.7. The molecule has 1 amide bonds. The van der Waals surface area contributed by atoms with Crippen molar-refractivity contribution in [1.29, 1.82) is 0 Å². The molecule has 1 aromatic rings. The van der Waals surface area contributed by atoms with E-state index in [1.807, 2.05) is 19.1 Å². The predicted molar refractivity (Wildman–Crippen MR) is 90.2 cm³/mol. The highest BCUT2D eigenvalue weighted by atomic mass is 32.2. The van der Waals surface area contributed by atoms with Crippen LogP contribution in [-0.2, 0) is 14.6 Å². The van der Waals surface area contributed by atoms with E-state index in [-0.39, 0.29) is 29.5 Å². The van der Waals surface area contributed by atoms with Crippen LogP contribution in [0.1, 0.15) is 6.92 Å². The van der Waals surface area contributed by atoms with Crippen molar-refractivity contribution in [2.75, 3.05) is 36.9 Å². The van der Waals surface area contributed by atoms with Crippen LogP contribution in [0.25, 0.3) is 0 Å². The molecule has 0 spiro atoms. The quantitative estimate of drug-likeness (QED) is 0.733. The van der Waals surface area contributed by atoms with Crippen LogP contribution in [0.3, 0.4) is 0 Å². The van der Waals surface area contributed by atoms with Crippen molar-refractivity contribution in [3.63, 3.8) is 0 Å². The van der Waals surface area contributed by atoms with Crippen LogP contribution in [-0.4, -0.2) is 78.1 Å². The standard InChI is InChI=1S/C15H21N3O3S2/c1-2-17-7-8-18(14-11-23(20,21)10-13(14)17)15(19)9-22-12-3-5-16-6-4-12/h3-6,13-14H,2,7-11H2,1H3/t13-,14+/m0/s1. The summed E-state index contributed by atoms with van der Waals surface area (Å²) in [5, 5.41) is 0. The first-order valence-electron chi connectivity index (χ1n) is 7.77. The molecule has 2 atom stereocenters. The van der Waals surface area contributed by atoms with Crippen LogP contribution in [0.15, 0.2) is 29.4 Å². The van der Waals surface area contributed by atoms with Crippen LogP contribution in [0, 0.1) is 0 Å². The molecule has 0 unspecified atom stereocenters. The van der Waals surface area contributed by atoms with Crippen molar-refractivity contribution < 1.29 is 13.2 Å². The lowest BCUT2D eigenvalue weighted by atomic mass is 10.0. The molecule has 0 aromatic carbocycles. The molecule has 2 saturated heterocycles. The number of fused-ring (bicyclic) bond motifs is 1. The van der Waals surface area contributed by atoms with Crippen molar-refractivity contribution in [3.05, 3.63) is 24.5 Å². The number of likely N-dealkylation sites (N-methyl/N-ethyl adjacent to an activating group) is 1. The maximum atomic E-state index is 12.6. The lowest BCUT2D eigenvalue weighted by Crippen LogP contribution is -2.60. The minimum atomic E-state index is -3.06. The van der Waals surface area contributed by atoms with Gasteiger partial charge in [-0.25, -0.2) is 8.42 Å². The second kappa shape index (κ2) is 6.78. The molecule has 23 heavy (non-hydrogen) atoms. The molecule has 0 bridgehead atoms. The van der Waals surface area contributed by atoms with Gasteiger partial charge in [-0.3, -0.25) is 14.7 Å². The highest BCUT2D eigenvalue weighted by Crippen LogP contribution is 2.28. The van der Waals surface area contributed by atoms with Crippen LogP contribution in [0.5, 0.6) is 0 Å². The molecule has 8 heteroatoms. The Labute approximate surface area is 141 Å². The first-order chi connectivity index (χ1) is 11.0. The predicted octanol–water partition coefficient (Wildman–Crippen LogP) is 0.503. The fourth-order valence-corrected chi connectivity index (χ4v) is 6.17. The van der Waals surface area contributed by atoms with Gasteiger partial charge in [0.25, 0.3) is 0 Å². The Morgan fingerprint density at radius 3 is 2.65 bits per heavy atom. The number of piperazine rings is 1. The maximum absolute atomic E-state index is 12.6. The Bertz CT molecular complexity index is 666. The number of hydrogen-bond donors (Lipinski definition) is 0. The van der Waals surface area contributed by atoms with Gasteiger partial charge in [-0.15, -0.1) is 11.8 Å². The summed E-state index contributed by atoms with van der Waals surface area (Å²) in [6.07, 6.45) is 3.40. The van der Waals surface area contributed by atoms with Crippen molar-refractivity contribution in [2.45, 2.75) is 23.9 Å². The summed E-state index contributed by atoms with van der Waals surface area (Å²) >= 11 is 1.47. The Kier molecular flexibility index (Phi) is 4.93. The number of carbonyl (C=O) groups excluding carboxylic acids is 1. The van der Waals surface area contributed by atoms with Gasteiger partial charge in [0.1, 0.15) is 0 Å². The minimum absolute atomic E-state index is 0.0228. The second-order valence-electron chi connectivity index (χ2n) is 5.90. The Hall–Kier alpha value is -1.12.